The van der Waals surface area contributed by atoms with Crippen LogP contribution in [0.15, 0.2) is 30.3 Å². The van der Waals surface area contributed by atoms with Crippen LogP contribution in [0.3, 0.4) is 0 Å². The highest BCUT2D eigenvalue weighted by Gasteiger charge is 2.27. The maximum atomic E-state index is 11.7. The maximum Gasteiger partial charge on any atom is 0.352 e. The van der Waals surface area contributed by atoms with E-state index in [4.69, 9.17) is 0 Å². The molecule has 0 aliphatic carbocycles. The van der Waals surface area contributed by atoms with Crippen LogP contribution in [0, 0.1) is 0 Å². The molecular formula is C13H15N3O4S. The summed E-state index contributed by atoms with van der Waals surface area (Å²) in [5, 5.41) is 10.1. The molecule has 2 N–H and O–H groups in total. The Hall–Kier alpha value is -1.90. The lowest BCUT2D eigenvalue weighted by molar-refractivity contribution is 0.0685. The van der Waals surface area contributed by atoms with E-state index in [1.807, 2.05) is 24.3 Å². The van der Waals surface area contributed by atoms with Gasteiger partial charge in [-0.15, -0.1) is 0 Å². The van der Waals surface area contributed by atoms with Gasteiger partial charge in [-0.3, -0.25) is 0 Å². The van der Waals surface area contributed by atoms with Crippen molar-refractivity contribution in [1.29, 1.82) is 0 Å². The third kappa shape index (κ3) is 2.53. The lowest BCUT2D eigenvalue weighted by atomic mass is 10.2. The Morgan fingerprint density at radius 2 is 2.05 bits per heavy atom. The van der Waals surface area contributed by atoms with Gasteiger partial charge in [0.25, 0.3) is 10.2 Å². The number of hydrogen-bond acceptors (Lipinski definition) is 3. The third-order valence-electron chi connectivity index (χ3n) is 3.59. The van der Waals surface area contributed by atoms with E-state index in [-0.39, 0.29) is 12.2 Å². The molecule has 0 amide bonds. The molecule has 1 aliphatic rings. The zero-order valence-electron chi connectivity index (χ0n) is 11.2. The number of carbonyl (C=O) groups is 1. The quantitative estimate of drug-likeness (QED) is 0.860. The highest BCUT2D eigenvalue weighted by molar-refractivity contribution is 7.87. The largest absolute Gasteiger partial charge is 0.477 e. The molecule has 1 aromatic heterocycles. The second-order valence-corrected chi connectivity index (χ2v) is 6.60. The van der Waals surface area contributed by atoms with Crippen LogP contribution < -0.4 is 4.72 Å². The number of carboxylic acid groups (broad SMARTS) is 1. The van der Waals surface area contributed by atoms with Crippen LogP contribution in [0.25, 0.3) is 10.9 Å². The topological polar surface area (TPSA) is 91.6 Å². The second kappa shape index (κ2) is 5.14. The van der Waals surface area contributed by atoms with E-state index >= 15 is 0 Å². The van der Waals surface area contributed by atoms with Gasteiger partial charge in [0.1, 0.15) is 5.69 Å². The first-order valence-corrected chi connectivity index (χ1v) is 7.99. The van der Waals surface area contributed by atoms with Crippen LogP contribution in [0.4, 0.5) is 0 Å². The summed E-state index contributed by atoms with van der Waals surface area (Å²) in [7, 11) is -3.40. The molecule has 0 spiro atoms. The number of para-hydroxylation sites is 1. The van der Waals surface area contributed by atoms with Crippen molar-refractivity contribution in [3.05, 3.63) is 36.0 Å². The molecule has 1 fully saturated rings. The average Bonchev–Trinajstić information content (AvgIpc) is 2.96. The summed E-state index contributed by atoms with van der Waals surface area (Å²) >= 11 is 0. The van der Waals surface area contributed by atoms with Crippen LogP contribution in [-0.2, 0) is 16.8 Å². The lowest BCUT2D eigenvalue weighted by Crippen LogP contribution is -2.32. The third-order valence-corrected chi connectivity index (χ3v) is 5.20. The Bertz CT molecular complexity index is 797. The molecule has 0 radical (unpaired) electrons. The minimum Gasteiger partial charge on any atom is -0.477 e. The zero-order valence-corrected chi connectivity index (χ0v) is 12.0. The van der Waals surface area contributed by atoms with Crippen molar-refractivity contribution < 1.29 is 18.3 Å². The Kier molecular flexibility index (Phi) is 3.44. The van der Waals surface area contributed by atoms with Crippen molar-refractivity contribution in [1.82, 2.24) is 13.6 Å². The first-order chi connectivity index (χ1) is 9.99. The number of rotatable bonds is 4. The van der Waals surface area contributed by atoms with E-state index in [1.165, 1.54) is 4.31 Å². The predicted octanol–water partition coefficient (Wildman–Crippen LogP) is 0.490. The molecule has 2 heterocycles. The Labute approximate surface area is 122 Å². The predicted molar refractivity (Wildman–Crippen MR) is 77.4 cm³/mol. The van der Waals surface area contributed by atoms with Crippen LogP contribution in [0.1, 0.15) is 10.5 Å². The van der Waals surface area contributed by atoms with Crippen LogP contribution in [0.2, 0.25) is 0 Å². The number of aromatic nitrogens is 1. The lowest BCUT2D eigenvalue weighted by Gasteiger charge is -2.15. The fourth-order valence-corrected chi connectivity index (χ4v) is 3.77. The molecule has 0 saturated carbocycles. The molecule has 0 bridgehead atoms. The number of nitrogens with one attached hydrogen (secondary N) is 1. The normalized spacial score (nSPS) is 18.3. The van der Waals surface area contributed by atoms with Gasteiger partial charge in [-0.25, -0.2) is 9.52 Å². The second-order valence-electron chi connectivity index (χ2n) is 4.84. The van der Waals surface area contributed by atoms with Gasteiger partial charge in [-0.1, -0.05) is 18.2 Å². The summed E-state index contributed by atoms with van der Waals surface area (Å²) in [6.07, 6.45) is 0. The molecule has 3 rings (SSSR count). The van der Waals surface area contributed by atoms with Crippen molar-refractivity contribution in [2.24, 2.45) is 0 Å². The van der Waals surface area contributed by atoms with Crippen molar-refractivity contribution in [2.75, 3.05) is 19.6 Å². The molecule has 21 heavy (non-hydrogen) atoms. The van der Waals surface area contributed by atoms with Gasteiger partial charge in [0, 0.05) is 37.1 Å². The number of nitrogens with zero attached hydrogens (tertiary/aromatic N) is 2. The standard InChI is InChI=1S/C13H15N3O4S/c17-13(18)12-9-10-3-1-2-4-11(10)16(12)8-7-15-6-5-14-21(15,19)20/h1-4,9,14H,5-8H2,(H,17,18). The Balaban J connectivity index is 1.92. The van der Waals surface area contributed by atoms with E-state index in [2.05, 4.69) is 4.72 Å². The molecule has 1 aliphatic heterocycles. The van der Waals surface area contributed by atoms with Crippen LogP contribution in [-0.4, -0.2) is 48.0 Å². The first-order valence-electron chi connectivity index (χ1n) is 6.55. The van der Waals surface area contributed by atoms with E-state index in [9.17, 15) is 18.3 Å². The smallest absolute Gasteiger partial charge is 0.352 e. The summed E-state index contributed by atoms with van der Waals surface area (Å²) in [6.45, 7) is 1.34. The molecule has 2 aromatic rings. The van der Waals surface area contributed by atoms with Crippen molar-refractivity contribution >= 4 is 27.1 Å². The van der Waals surface area contributed by atoms with Crippen LogP contribution in [0.5, 0.6) is 0 Å². The monoisotopic (exact) mass is 309 g/mol. The minimum atomic E-state index is -3.40. The van der Waals surface area contributed by atoms with Crippen LogP contribution >= 0.6 is 0 Å². The van der Waals surface area contributed by atoms with Gasteiger partial charge in [0.2, 0.25) is 0 Å². The van der Waals surface area contributed by atoms with Crippen molar-refractivity contribution in [2.45, 2.75) is 6.54 Å². The molecule has 112 valence electrons. The van der Waals surface area contributed by atoms with Gasteiger partial charge in [-0.2, -0.15) is 12.7 Å². The number of hydrogen-bond donors (Lipinski definition) is 2. The number of carboxylic acids is 1. The minimum absolute atomic E-state index is 0.167. The van der Waals surface area contributed by atoms with Gasteiger partial charge in [0.15, 0.2) is 0 Å². The van der Waals surface area contributed by atoms with Gasteiger partial charge >= 0.3 is 5.97 Å². The Morgan fingerprint density at radius 3 is 2.71 bits per heavy atom. The molecule has 8 heteroatoms. The molecule has 7 nitrogen and oxygen atoms in total. The Morgan fingerprint density at radius 1 is 1.29 bits per heavy atom. The van der Waals surface area contributed by atoms with Gasteiger partial charge in [-0.05, 0) is 12.1 Å². The van der Waals surface area contributed by atoms with E-state index in [0.717, 1.165) is 10.9 Å². The molecule has 1 saturated heterocycles. The van der Waals surface area contributed by atoms with Gasteiger partial charge < -0.3 is 9.67 Å². The summed E-state index contributed by atoms with van der Waals surface area (Å²) in [5.74, 6) is -1.02. The SMILES string of the molecule is O=C(O)c1cc2ccccc2n1CCN1CCNS1(=O)=O. The van der Waals surface area contributed by atoms with E-state index < -0.39 is 16.2 Å². The highest BCUT2D eigenvalue weighted by atomic mass is 32.2. The summed E-state index contributed by atoms with van der Waals surface area (Å²) in [4.78, 5) is 11.3. The summed E-state index contributed by atoms with van der Waals surface area (Å²) in [6, 6.07) is 8.95. The average molecular weight is 309 g/mol. The summed E-state index contributed by atoms with van der Waals surface area (Å²) in [5.41, 5.74) is 0.959. The van der Waals surface area contributed by atoms with Crippen molar-refractivity contribution in [3.8, 4) is 0 Å². The van der Waals surface area contributed by atoms with E-state index in [1.54, 1.807) is 10.6 Å². The number of benzene rings is 1. The fraction of sp³-hybridized carbons (Fsp3) is 0.308. The van der Waals surface area contributed by atoms with E-state index in [0.29, 0.717) is 19.6 Å². The first kappa shape index (κ1) is 14.1. The molecular weight excluding hydrogens is 294 g/mol. The zero-order chi connectivity index (χ0) is 15.0. The summed E-state index contributed by atoms with van der Waals surface area (Å²) < 4.78 is 28.8. The molecule has 1 aromatic carbocycles. The molecule has 0 atom stereocenters. The molecule has 0 unspecified atom stereocenters. The highest BCUT2D eigenvalue weighted by Crippen LogP contribution is 2.20. The number of fused-ring (bicyclic) bond motifs is 1. The van der Waals surface area contributed by atoms with Crippen molar-refractivity contribution in [3.63, 3.8) is 0 Å². The maximum absolute atomic E-state index is 11.7. The number of aromatic carboxylic acids is 1. The fourth-order valence-electron chi connectivity index (χ4n) is 2.58. The van der Waals surface area contributed by atoms with Gasteiger partial charge in [0.05, 0.1) is 0 Å².